The van der Waals surface area contributed by atoms with Crippen molar-refractivity contribution < 1.29 is 9.52 Å². The second-order valence-corrected chi connectivity index (χ2v) is 11.6. The molecule has 4 heteroatoms. The number of rotatable bonds is 7. The van der Waals surface area contributed by atoms with E-state index in [0.717, 1.165) is 51.0 Å². The normalized spacial score (nSPS) is 11.1. The first kappa shape index (κ1) is 28.2. The molecule has 2 heterocycles. The molecular weight excluding hydrogens is 576 g/mol. The van der Waals surface area contributed by atoms with E-state index in [9.17, 15) is 5.11 Å². The number of fused-ring (bicyclic) bond motifs is 1. The first-order chi connectivity index (χ1) is 23.2. The van der Waals surface area contributed by atoms with Crippen molar-refractivity contribution in [3.8, 4) is 61.8 Å². The monoisotopic (exact) mass is 606 g/mol. The van der Waals surface area contributed by atoms with Crippen molar-refractivity contribution in [1.29, 1.82) is 0 Å². The molecule has 0 amide bonds. The van der Waals surface area contributed by atoms with Gasteiger partial charge in [0.25, 0.3) is 0 Å². The topological polar surface area (TPSA) is 59.2 Å². The molecule has 0 atom stereocenters. The molecule has 0 bridgehead atoms. The summed E-state index contributed by atoms with van der Waals surface area (Å²) in [7, 11) is 0. The molecule has 0 saturated heterocycles. The predicted molar refractivity (Wildman–Crippen MR) is 190 cm³/mol. The second kappa shape index (κ2) is 12.3. The molecule has 8 rings (SSSR count). The van der Waals surface area contributed by atoms with Crippen LogP contribution in [0.2, 0.25) is 0 Å². The molecule has 0 saturated carbocycles. The molecule has 2 aromatic heterocycles. The van der Waals surface area contributed by atoms with Gasteiger partial charge in [-0.15, -0.1) is 0 Å². The Labute approximate surface area is 273 Å². The number of phenolic OH excluding ortho intramolecular Hbond substituents is 1. The Morgan fingerprint density at radius 2 is 1.17 bits per heavy atom. The number of aromatic nitrogens is 2. The van der Waals surface area contributed by atoms with Gasteiger partial charge in [-0.25, -0.2) is 4.98 Å². The lowest BCUT2D eigenvalue weighted by atomic mass is 9.98. The summed E-state index contributed by atoms with van der Waals surface area (Å²) in [5.41, 5.74) is 12.7. The minimum atomic E-state index is 0.147. The van der Waals surface area contributed by atoms with Gasteiger partial charge in [-0.2, -0.15) is 0 Å². The number of aromatic hydroxyl groups is 1. The molecule has 8 aromatic rings. The Balaban J connectivity index is 1.08. The van der Waals surface area contributed by atoms with E-state index < -0.39 is 0 Å². The first-order valence-electron chi connectivity index (χ1n) is 15.7. The first-order valence-corrected chi connectivity index (χ1v) is 15.7. The minimum absolute atomic E-state index is 0.147. The maximum atomic E-state index is 11.0. The van der Waals surface area contributed by atoms with E-state index in [1.807, 2.05) is 66.9 Å². The summed E-state index contributed by atoms with van der Waals surface area (Å²) in [5.74, 6) is 0.536. The predicted octanol–water partition coefficient (Wildman–Crippen LogP) is 10.9. The summed E-state index contributed by atoms with van der Waals surface area (Å²) in [6.45, 7) is 0. The third-order valence-corrected chi connectivity index (χ3v) is 8.52. The molecule has 224 valence electrons. The van der Waals surface area contributed by atoms with Crippen LogP contribution in [0.3, 0.4) is 0 Å². The van der Waals surface area contributed by atoms with Gasteiger partial charge < -0.3 is 9.52 Å². The lowest BCUT2D eigenvalue weighted by molar-refractivity contribution is 0.473. The van der Waals surface area contributed by atoms with Crippen LogP contribution in [-0.2, 0) is 6.42 Å². The van der Waals surface area contributed by atoms with Crippen molar-refractivity contribution in [3.05, 3.63) is 175 Å². The zero-order valence-electron chi connectivity index (χ0n) is 25.5. The minimum Gasteiger partial charge on any atom is -0.507 e. The Hall–Kier alpha value is -6.26. The van der Waals surface area contributed by atoms with Gasteiger partial charge in [-0.05, 0) is 81.8 Å². The fourth-order valence-electron chi connectivity index (χ4n) is 6.10. The molecule has 0 aliphatic heterocycles. The van der Waals surface area contributed by atoms with Gasteiger partial charge in [0, 0.05) is 17.3 Å². The molecular formula is C43H30N2O2. The summed E-state index contributed by atoms with van der Waals surface area (Å²) in [6.07, 6.45) is 2.60. The number of nitrogens with zero attached hydrogens (tertiary/aromatic N) is 2. The summed E-state index contributed by atoms with van der Waals surface area (Å²) >= 11 is 0. The molecule has 6 aromatic carbocycles. The molecule has 0 unspecified atom stereocenters. The highest BCUT2D eigenvalue weighted by molar-refractivity contribution is 5.93. The van der Waals surface area contributed by atoms with Gasteiger partial charge in [-0.1, -0.05) is 121 Å². The van der Waals surface area contributed by atoms with E-state index in [1.54, 1.807) is 6.07 Å². The maximum Gasteiger partial charge on any atom is 0.231 e. The van der Waals surface area contributed by atoms with Crippen molar-refractivity contribution >= 4 is 11.1 Å². The number of phenols is 1. The maximum absolute atomic E-state index is 11.0. The number of benzene rings is 6. The Kier molecular flexibility index (Phi) is 7.37. The van der Waals surface area contributed by atoms with Crippen LogP contribution in [0.4, 0.5) is 0 Å². The smallest absolute Gasteiger partial charge is 0.231 e. The molecule has 4 nitrogen and oxygen atoms in total. The van der Waals surface area contributed by atoms with E-state index in [1.165, 1.54) is 16.7 Å². The molecule has 0 radical (unpaired) electrons. The Bertz CT molecular complexity index is 2330. The number of hydrogen-bond donors (Lipinski definition) is 1. The van der Waals surface area contributed by atoms with Crippen molar-refractivity contribution in [3.63, 3.8) is 0 Å². The molecule has 1 N–H and O–H groups in total. The van der Waals surface area contributed by atoms with Crippen molar-refractivity contribution in [2.45, 2.75) is 6.42 Å². The Morgan fingerprint density at radius 1 is 0.489 bits per heavy atom. The zero-order valence-corrected chi connectivity index (χ0v) is 25.5. The van der Waals surface area contributed by atoms with Crippen molar-refractivity contribution in [2.75, 3.05) is 0 Å². The molecule has 0 spiro atoms. The third-order valence-electron chi connectivity index (χ3n) is 8.52. The number of para-hydroxylation sites is 1. The molecule has 0 aliphatic rings. The van der Waals surface area contributed by atoms with Crippen LogP contribution >= 0.6 is 0 Å². The van der Waals surface area contributed by atoms with Crippen LogP contribution in [0.25, 0.3) is 67.2 Å². The summed E-state index contributed by atoms with van der Waals surface area (Å²) < 4.78 is 6.19. The van der Waals surface area contributed by atoms with Gasteiger partial charge in [0.15, 0.2) is 5.58 Å². The molecule has 0 aliphatic carbocycles. The molecule has 0 fully saturated rings. The van der Waals surface area contributed by atoms with Crippen molar-refractivity contribution in [2.24, 2.45) is 0 Å². The highest BCUT2D eigenvalue weighted by atomic mass is 16.3. The number of hydrogen-bond acceptors (Lipinski definition) is 4. The highest BCUT2D eigenvalue weighted by Gasteiger charge is 2.16. The fourth-order valence-corrected chi connectivity index (χ4v) is 6.10. The van der Waals surface area contributed by atoms with Crippen LogP contribution in [0, 0.1) is 0 Å². The molecule has 47 heavy (non-hydrogen) atoms. The lowest BCUT2D eigenvalue weighted by Crippen LogP contribution is -1.89. The van der Waals surface area contributed by atoms with E-state index in [2.05, 4.69) is 91.0 Å². The number of oxazole rings is 1. The van der Waals surface area contributed by atoms with Gasteiger partial charge in [0.05, 0.1) is 11.3 Å². The van der Waals surface area contributed by atoms with Gasteiger partial charge in [0.2, 0.25) is 5.89 Å². The fraction of sp³-hybridized carbons (Fsp3) is 0.0233. The van der Waals surface area contributed by atoms with E-state index in [-0.39, 0.29) is 5.75 Å². The van der Waals surface area contributed by atoms with Crippen molar-refractivity contribution in [1.82, 2.24) is 9.97 Å². The zero-order chi connectivity index (χ0) is 31.6. The summed E-state index contributed by atoms with van der Waals surface area (Å²) in [5, 5.41) is 11.0. The van der Waals surface area contributed by atoms with Gasteiger partial charge >= 0.3 is 0 Å². The average molecular weight is 607 g/mol. The van der Waals surface area contributed by atoms with Crippen LogP contribution in [0.5, 0.6) is 5.75 Å². The van der Waals surface area contributed by atoms with Crippen LogP contribution < -0.4 is 0 Å². The van der Waals surface area contributed by atoms with Crippen LogP contribution in [0.15, 0.2) is 168 Å². The highest BCUT2D eigenvalue weighted by Crippen LogP contribution is 2.37. The number of pyridine rings is 1. The van der Waals surface area contributed by atoms with Gasteiger partial charge in [0.1, 0.15) is 11.3 Å². The SMILES string of the molecule is Oc1cc(Cc2ccccc2)ccc1-c1nc2c(-c3cccc(-c4cc(-c5ccc(-c6ccccc6)cc5)ccn4)c3)cccc2o1. The van der Waals surface area contributed by atoms with E-state index in [4.69, 9.17) is 14.4 Å². The third kappa shape index (κ3) is 5.81. The summed E-state index contributed by atoms with van der Waals surface area (Å²) in [6, 6.07) is 53.4. The van der Waals surface area contributed by atoms with E-state index in [0.29, 0.717) is 17.0 Å². The quantitative estimate of drug-likeness (QED) is 0.196. The second-order valence-electron chi connectivity index (χ2n) is 11.6. The standard InChI is InChI=1S/C43H30N2O2/c46-40-26-30(25-29-9-3-1-4-10-29)17-22-38(40)43-45-42-37(15-8-16-41(42)47-43)35-13-7-14-36(27-35)39-28-34(23-24-44-39)33-20-18-32(19-21-33)31-11-5-2-6-12-31/h1-24,26-28,46H,25H2. The largest absolute Gasteiger partial charge is 0.507 e. The van der Waals surface area contributed by atoms with Gasteiger partial charge in [-0.3, -0.25) is 4.98 Å². The van der Waals surface area contributed by atoms with Crippen LogP contribution in [-0.4, -0.2) is 15.1 Å². The van der Waals surface area contributed by atoms with Crippen LogP contribution in [0.1, 0.15) is 11.1 Å². The Morgan fingerprint density at radius 3 is 1.96 bits per heavy atom. The summed E-state index contributed by atoms with van der Waals surface area (Å²) in [4.78, 5) is 9.60. The lowest BCUT2D eigenvalue weighted by Gasteiger charge is -2.09. The average Bonchev–Trinajstić information content (AvgIpc) is 3.57. The van der Waals surface area contributed by atoms with E-state index >= 15 is 0 Å².